The van der Waals surface area contributed by atoms with Crippen molar-refractivity contribution in [3.8, 4) is 0 Å². The first-order chi connectivity index (χ1) is 10.9. The van der Waals surface area contributed by atoms with Gasteiger partial charge in [0.05, 0.1) is 18.6 Å². The molecule has 0 aliphatic carbocycles. The number of carbonyl (C=O) groups excluding carboxylic acids is 2. The van der Waals surface area contributed by atoms with Gasteiger partial charge in [0.1, 0.15) is 10.8 Å². The molecule has 0 fully saturated rings. The monoisotopic (exact) mass is 335 g/mol. The molecule has 0 aliphatic heterocycles. The van der Waals surface area contributed by atoms with Crippen molar-refractivity contribution in [3.05, 3.63) is 51.7 Å². The van der Waals surface area contributed by atoms with Crippen molar-refractivity contribution in [3.63, 3.8) is 0 Å². The Labute approximate surface area is 138 Å². The van der Waals surface area contributed by atoms with Gasteiger partial charge in [-0.2, -0.15) is 0 Å². The predicted octanol–water partition coefficient (Wildman–Crippen LogP) is 3.86. The Kier molecular flexibility index (Phi) is 5.50. The average molecular weight is 335 g/mol. The number of aryl methyl sites for hydroxylation is 1. The van der Waals surface area contributed by atoms with E-state index in [-0.39, 0.29) is 18.9 Å². The topological polar surface area (TPSA) is 55.4 Å². The Morgan fingerprint density at radius 1 is 1.26 bits per heavy atom. The van der Waals surface area contributed by atoms with Crippen LogP contribution in [0.1, 0.15) is 33.3 Å². The molecular formula is C17H18FNO3S. The summed E-state index contributed by atoms with van der Waals surface area (Å²) in [6.45, 7) is 5.67. The molecule has 122 valence electrons. The molecule has 1 heterocycles. The smallest absolute Gasteiger partial charge is 0.341 e. The summed E-state index contributed by atoms with van der Waals surface area (Å²) < 4.78 is 18.7. The second-order valence-corrected chi connectivity index (χ2v) is 6.25. The number of rotatable bonds is 5. The van der Waals surface area contributed by atoms with Crippen molar-refractivity contribution in [1.29, 1.82) is 0 Å². The number of hydrogen-bond donors (Lipinski definition) is 1. The number of amides is 1. The van der Waals surface area contributed by atoms with E-state index in [1.165, 1.54) is 17.4 Å². The summed E-state index contributed by atoms with van der Waals surface area (Å²) >= 11 is 1.31. The van der Waals surface area contributed by atoms with E-state index < -0.39 is 11.8 Å². The van der Waals surface area contributed by atoms with Crippen LogP contribution in [0, 0.1) is 19.7 Å². The van der Waals surface area contributed by atoms with Crippen LogP contribution in [0.15, 0.2) is 24.3 Å². The number of benzene rings is 1. The number of anilines is 1. The highest BCUT2D eigenvalue weighted by Crippen LogP contribution is 2.33. The summed E-state index contributed by atoms with van der Waals surface area (Å²) in [6.07, 6.45) is -0.0923. The Morgan fingerprint density at radius 3 is 2.61 bits per heavy atom. The fraction of sp³-hybridized carbons (Fsp3) is 0.294. The normalized spacial score (nSPS) is 10.4. The molecular weight excluding hydrogens is 317 g/mol. The van der Waals surface area contributed by atoms with E-state index in [1.807, 2.05) is 13.8 Å². The zero-order chi connectivity index (χ0) is 17.0. The lowest BCUT2D eigenvalue weighted by Gasteiger charge is -2.07. The highest BCUT2D eigenvalue weighted by atomic mass is 32.1. The summed E-state index contributed by atoms with van der Waals surface area (Å²) in [7, 11) is 0. The van der Waals surface area contributed by atoms with Gasteiger partial charge < -0.3 is 10.1 Å². The molecule has 0 unspecified atom stereocenters. The van der Waals surface area contributed by atoms with Crippen molar-refractivity contribution in [2.45, 2.75) is 27.2 Å². The van der Waals surface area contributed by atoms with Crippen LogP contribution in [0.25, 0.3) is 0 Å². The number of halogens is 1. The van der Waals surface area contributed by atoms with Gasteiger partial charge in [-0.25, -0.2) is 9.18 Å². The second-order valence-electron chi connectivity index (χ2n) is 5.02. The van der Waals surface area contributed by atoms with E-state index in [0.29, 0.717) is 16.1 Å². The van der Waals surface area contributed by atoms with Crippen molar-refractivity contribution >= 4 is 28.2 Å². The van der Waals surface area contributed by atoms with Crippen LogP contribution in [-0.4, -0.2) is 18.5 Å². The summed E-state index contributed by atoms with van der Waals surface area (Å²) in [5, 5.41) is 3.14. The fourth-order valence-corrected chi connectivity index (χ4v) is 3.21. The average Bonchev–Trinajstić information content (AvgIpc) is 2.76. The molecule has 0 saturated carbocycles. The number of esters is 1. The molecule has 23 heavy (non-hydrogen) atoms. The molecule has 4 nitrogen and oxygen atoms in total. The molecule has 0 bridgehead atoms. The van der Waals surface area contributed by atoms with E-state index in [0.717, 1.165) is 10.4 Å². The minimum atomic E-state index is -0.462. The predicted molar refractivity (Wildman–Crippen MR) is 88.5 cm³/mol. The van der Waals surface area contributed by atoms with Gasteiger partial charge in [0.2, 0.25) is 5.91 Å². The maximum atomic E-state index is 13.6. The van der Waals surface area contributed by atoms with Gasteiger partial charge in [0, 0.05) is 4.88 Å². The van der Waals surface area contributed by atoms with Crippen LogP contribution in [-0.2, 0) is 16.0 Å². The summed E-state index contributed by atoms with van der Waals surface area (Å²) in [4.78, 5) is 25.2. The SMILES string of the molecule is CCOC(=O)c1c(NC(=O)Cc2ccccc2F)sc(C)c1C. The van der Waals surface area contributed by atoms with E-state index in [4.69, 9.17) is 4.74 Å². The standard InChI is InChI=1S/C17H18FNO3S/c1-4-22-17(21)15-10(2)11(3)23-16(15)19-14(20)9-12-7-5-6-8-13(12)18/h5-8H,4,9H2,1-3H3,(H,19,20). The molecule has 1 N–H and O–H groups in total. The van der Waals surface area contributed by atoms with Gasteiger partial charge in [-0.05, 0) is 38.0 Å². The highest BCUT2D eigenvalue weighted by Gasteiger charge is 2.22. The molecule has 0 radical (unpaired) electrons. The summed E-state index contributed by atoms with van der Waals surface area (Å²) in [5.41, 5.74) is 1.47. The molecule has 6 heteroatoms. The molecule has 0 aliphatic rings. The molecule has 1 aromatic carbocycles. The van der Waals surface area contributed by atoms with Crippen LogP contribution in [0.2, 0.25) is 0 Å². The van der Waals surface area contributed by atoms with Crippen LogP contribution < -0.4 is 5.32 Å². The number of nitrogens with one attached hydrogen (secondary N) is 1. The van der Waals surface area contributed by atoms with Crippen molar-refractivity contribution in [2.24, 2.45) is 0 Å². The lowest BCUT2D eigenvalue weighted by molar-refractivity contribution is -0.115. The quantitative estimate of drug-likeness (QED) is 0.844. The van der Waals surface area contributed by atoms with E-state index in [9.17, 15) is 14.0 Å². The Balaban J connectivity index is 2.20. The minimum Gasteiger partial charge on any atom is -0.462 e. The van der Waals surface area contributed by atoms with Crippen molar-refractivity contribution in [1.82, 2.24) is 0 Å². The Hall–Kier alpha value is -2.21. The number of carbonyl (C=O) groups is 2. The first-order valence-corrected chi connectivity index (χ1v) is 8.06. The first-order valence-electron chi connectivity index (χ1n) is 7.24. The Morgan fingerprint density at radius 2 is 1.96 bits per heavy atom. The molecule has 1 aromatic heterocycles. The third kappa shape index (κ3) is 3.96. The zero-order valence-corrected chi connectivity index (χ0v) is 14.1. The van der Waals surface area contributed by atoms with Gasteiger partial charge in [-0.3, -0.25) is 4.79 Å². The Bertz CT molecular complexity index is 739. The highest BCUT2D eigenvalue weighted by molar-refractivity contribution is 7.16. The number of thiophene rings is 1. The largest absolute Gasteiger partial charge is 0.462 e. The molecule has 0 atom stereocenters. The molecule has 2 rings (SSSR count). The number of ether oxygens (including phenoxy) is 1. The summed E-state index contributed by atoms with van der Waals surface area (Å²) in [6, 6.07) is 6.12. The van der Waals surface area contributed by atoms with E-state index >= 15 is 0 Å². The molecule has 0 spiro atoms. The second kappa shape index (κ2) is 7.37. The summed E-state index contributed by atoms with van der Waals surface area (Å²) in [5.74, 6) is -1.26. The molecule has 0 saturated heterocycles. The van der Waals surface area contributed by atoms with Gasteiger partial charge in [0.25, 0.3) is 0 Å². The third-order valence-corrected chi connectivity index (χ3v) is 4.55. The van der Waals surface area contributed by atoms with E-state index in [1.54, 1.807) is 25.1 Å². The third-order valence-electron chi connectivity index (χ3n) is 3.43. The van der Waals surface area contributed by atoms with E-state index in [2.05, 4.69) is 5.32 Å². The maximum absolute atomic E-state index is 13.6. The van der Waals surface area contributed by atoms with Crippen LogP contribution in [0.4, 0.5) is 9.39 Å². The molecule has 2 aromatic rings. The van der Waals surface area contributed by atoms with Crippen LogP contribution >= 0.6 is 11.3 Å². The molecule has 1 amide bonds. The van der Waals surface area contributed by atoms with Gasteiger partial charge >= 0.3 is 5.97 Å². The first kappa shape index (κ1) is 17.1. The van der Waals surface area contributed by atoms with Crippen LogP contribution in [0.5, 0.6) is 0 Å². The lowest BCUT2D eigenvalue weighted by Crippen LogP contribution is -2.17. The van der Waals surface area contributed by atoms with Gasteiger partial charge in [-0.15, -0.1) is 11.3 Å². The lowest BCUT2D eigenvalue weighted by atomic mass is 10.1. The number of hydrogen-bond acceptors (Lipinski definition) is 4. The fourth-order valence-electron chi connectivity index (χ4n) is 2.15. The van der Waals surface area contributed by atoms with Crippen molar-refractivity contribution < 1.29 is 18.7 Å². The van der Waals surface area contributed by atoms with Gasteiger partial charge in [0.15, 0.2) is 0 Å². The maximum Gasteiger partial charge on any atom is 0.341 e. The van der Waals surface area contributed by atoms with Crippen molar-refractivity contribution in [2.75, 3.05) is 11.9 Å². The van der Waals surface area contributed by atoms with Gasteiger partial charge in [-0.1, -0.05) is 18.2 Å². The zero-order valence-electron chi connectivity index (χ0n) is 13.2. The minimum absolute atomic E-state index is 0.0923. The van der Waals surface area contributed by atoms with Crippen LogP contribution in [0.3, 0.4) is 0 Å².